The van der Waals surface area contributed by atoms with Crippen molar-refractivity contribution in [2.75, 3.05) is 31.1 Å². The van der Waals surface area contributed by atoms with Gasteiger partial charge in [0, 0.05) is 50.1 Å². The second-order valence-corrected chi connectivity index (χ2v) is 7.63. The van der Waals surface area contributed by atoms with Crippen LogP contribution in [0.4, 0.5) is 10.1 Å². The van der Waals surface area contributed by atoms with Crippen LogP contribution in [-0.2, 0) is 6.42 Å². The number of benzene rings is 1. The first-order valence-electron chi connectivity index (χ1n) is 9.87. The van der Waals surface area contributed by atoms with Crippen LogP contribution in [0.15, 0.2) is 22.6 Å². The van der Waals surface area contributed by atoms with E-state index in [1.165, 1.54) is 13.0 Å². The summed E-state index contributed by atoms with van der Waals surface area (Å²) in [4.78, 5) is 40.1. The molecule has 2 heterocycles. The molecule has 1 fully saturated rings. The molecule has 4 rings (SSSR count). The minimum absolute atomic E-state index is 0.0425. The van der Waals surface area contributed by atoms with Gasteiger partial charge in [-0.25, -0.2) is 4.39 Å². The van der Waals surface area contributed by atoms with Crippen molar-refractivity contribution < 1.29 is 23.2 Å². The van der Waals surface area contributed by atoms with Crippen molar-refractivity contribution in [1.82, 2.24) is 4.90 Å². The molecule has 152 valence electrons. The molecule has 1 aromatic heterocycles. The van der Waals surface area contributed by atoms with E-state index in [2.05, 4.69) is 0 Å². The van der Waals surface area contributed by atoms with Gasteiger partial charge < -0.3 is 14.2 Å². The number of anilines is 1. The summed E-state index contributed by atoms with van der Waals surface area (Å²) in [6.45, 7) is 4.96. The third-order valence-electron chi connectivity index (χ3n) is 5.76. The van der Waals surface area contributed by atoms with E-state index in [1.807, 2.05) is 4.90 Å². The van der Waals surface area contributed by atoms with Crippen molar-refractivity contribution in [2.24, 2.45) is 0 Å². The number of hydrogen-bond donors (Lipinski definition) is 0. The number of amides is 1. The van der Waals surface area contributed by atoms with Crippen LogP contribution >= 0.6 is 0 Å². The number of carbonyl (C=O) groups excluding carboxylic acids is 3. The Kier molecular flexibility index (Phi) is 4.98. The van der Waals surface area contributed by atoms with E-state index >= 15 is 0 Å². The summed E-state index contributed by atoms with van der Waals surface area (Å²) in [6.07, 6.45) is 1.92. The lowest BCUT2D eigenvalue weighted by molar-refractivity contribution is 0.0710. The predicted molar refractivity (Wildman–Crippen MR) is 105 cm³/mol. The average molecular weight is 398 g/mol. The molecule has 7 heteroatoms. The number of furan rings is 1. The summed E-state index contributed by atoms with van der Waals surface area (Å²) in [5.74, 6) is 0.0630. The van der Waals surface area contributed by atoms with Crippen LogP contribution in [-0.4, -0.2) is 48.6 Å². The van der Waals surface area contributed by atoms with E-state index in [0.29, 0.717) is 67.2 Å². The lowest BCUT2D eigenvalue weighted by Crippen LogP contribution is -2.49. The Morgan fingerprint density at radius 2 is 1.83 bits per heavy atom. The summed E-state index contributed by atoms with van der Waals surface area (Å²) < 4.78 is 20.2. The van der Waals surface area contributed by atoms with E-state index in [1.54, 1.807) is 24.0 Å². The quantitative estimate of drug-likeness (QED) is 0.741. The molecule has 0 radical (unpaired) electrons. The lowest BCUT2D eigenvalue weighted by atomic mass is 9.94. The van der Waals surface area contributed by atoms with Crippen molar-refractivity contribution >= 4 is 23.2 Å². The smallest absolute Gasteiger partial charge is 0.289 e. The van der Waals surface area contributed by atoms with Gasteiger partial charge in [0.25, 0.3) is 5.91 Å². The highest BCUT2D eigenvalue weighted by Crippen LogP contribution is 2.30. The summed E-state index contributed by atoms with van der Waals surface area (Å²) in [6, 6.07) is 4.48. The number of rotatable bonds is 3. The van der Waals surface area contributed by atoms with Crippen molar-refractivity contribution in [1.29, 1.82) is 0 Å². The van der Waals surface area contributed by atoms with Crippen LogP contribution in [0.1, 0.15) is 62.4 Å². The van der Waals surface area contributed by atoms with Gasteiger partial charge >= 0.3 is 0 Å². The fourth-order valence-electron chi connectivity index (χ4n) is 4.13. The fraction of sp³-hybridized carbons (Fsp3) is 0.409. The first-order valence-corrected chi connectivity index (χ1v) is 9.87. The molecule has 1 saturated heterocycles. The molecule has 0 saturated carbocycles. The van der Waals surface area contributed by atoms with Gasteiger partial charge in [-0.3, -0.25) is 14.4 Å². The van der Waals surface area contributed by atoms with E-state index in [9.17, 15) is 18.8 Å². The Labute approximate surface area is 168 Å². The van der Waals surface area contributed by atoms with Gasteiger partial charge in [0.2, 0.25) is 0 Å². The van der Waals surface area contributed by atoms with Crippen LogP contribution in [0.5, 0.6) is 0 Å². The Hall–Kier alpha value is -2.96. The van der Waals surface area contributed by atoms with E-state index in [-0.39, 0.29) is 23.2 Å². The molecule has 0 spiro atoms. The van der Waals surface area contributed by atoms with Gasteiger partial charge in [-0.15, -0.1) is 0 Å². The van der Waals surface area contributed by atoms with Gasteiger partial charge in [-0.2, -0.15) is 0 Å². The summed E-state index contributed by atoms with van der Waals surface area (Å²) >= 11 is 0. The van der Waals surface area contributed by atoms with Crippen molar-refractivity contribution in [3.8, 4) is 0 Å². The van der Waals surface area contributed by atoms with E-state index in [4.69, 9.17) is 4.42 Å². The number of aryl methyl sites for hydroxylation is 1. The molecule has 1 aliphatic carbocycles. The van der Waals surface area contributed by atoms with Gasteiger partial charge in [-0.05, 0) is 38.5 Å². The number of hydrogen-bond acceptors (Lipinski definition) is 5. The first kappa shape index (κ1) is 19.4. The molecule has 29 heavy (non-hydrogen) atoms. The number of nitrogens with zero attached hydrogens (tertiary/aromatic N) is 2. The SMILES string of the molecule is CC(=O)c1ccc(N2CCN(C(=O)c3oc4c(c3C)C(=O)CCC4)CC2)c(F)c1. The highest BCUT2D eigenvalue weighted by Gasteiger charge is 2.32. The molecule has 2 aliphatic rings. The van der Waals surface area contributed by atoms with Crippen LogP contribution in [0.2, 0.25) is 0 Å². The first-order chi connectivity index (χ1) is 13.9. The van der Waals surface area contributed by atoms with Gasteiger partial charge in [0.05, 0.1) is 11.3 Å². The van der Waals surface area contributed by atoms with Crippen molar-refractivity contribution in [3.05, 3.63) is 52.2 Å². The minimum atomic E-state index is -0.439. The maximum atomic E-state index is 14.4. The highest BCUT2D eigenvalue weighted by atomic mass is 19.1. The number of ketones is 2. The number of Topliss-reactive ketones (excluding diaryl/α,β-unsaturated/α-hetero) is 2. The second kappa shape index (κ2) is 7.46. The molecule has 6 nitrogen and oxygen atoms in total. The van der Waals surface area contributed by atoms with Crippen molar-refractivity contribution in [3.63, 3.8) is 0 Å². The molecule has 0 unspecified atom stereocenters. The predicted octanol–water partition coefficient (Wildman–Crippen LogP) is 3.41. The molecule has 0 N–H and O–H groups in total. The highest BCUT2D eigenvalue weighted by molar-refractivity contribution is 6.03. The molecule has 1 aromatic carbocycles. The fourth-order valence-corrected chi connectivity index (χ4v) is 4.13. The maximum Gasteiger partial charge on any atom is 0.289 e. The van der Waals surface area contributed by atoms with Gasteiger partial charge in [0.15, 0.2) is 17.3 Å². The molecule has 1 amide bonds. The van der Waals surface area contributed by atoms with E-state index < -0.39 is 5.82 Å². The number of piperazine rings is 1. The Balaban J connectivity index is 1.47. The van der Waals surface area contributed by atoms with Crippen LogP contribution < -0.4 is 4.90 Å². The maximum absolute atomic E-state index is 14.4. The summed E-state index contributed by atoms with van der Waals surface area (Å²) in [5.41, 5.74) is 1.97. The monoisotopic (exact) mass is 398 g/mol. The van der Waals surface area contributed by atoms with E-state index in [0.717, 1.165) is 6.42 Å². The number of halogens is 1. The zero-order valence-corrected chi connectivity index (χ0v) is 16.6. The van der Waals surface area contributed by atoms with Crippen LogP contribution in [0.3, 0.4) is 0 Å². The number of carbonyl (C=O) groups is 3. The third kappa shape index (κ3) is 3.45. The van der Waals surface area contributed by atoms with Gasteiger partial charge in [-0.1, -0.05) is 0 Å². The minimum Gasteiger partial charge on any atom is -0.455 e. The average Bonchev–Trinajstić information content (AvgIpc) is 3.05. The normalized spacial score (nSPS) is 16.7. The molecular weight excluding hydrogens is 375 g/mol. The molecule has 0 atom stereocenters. The summed E-state index contributed by atoms with van der Waals surface area (Å²) in [5, 5.41) is 0. The third-order valence-corrected chi connectivity index (χ3v) is 5.76. The molecule has 0 bridgehead atoms. The topological polar surface area (TPSA) is 70.8 Å². The van der Waals surface area contributed by atoms with Crippen molar-refractivity contribution in [2.45, 2.75) is 33.1 Å². The molecular formula is C22H23FN2O4. The van der Waals surface area contributed by atoms with Gasteiger partial charge in [0.1, 0.15) is 11.6 Å². The van der Waals surface area contributed by atoms with Crippen LogP contribution in [0, 0.1) is 12.7 Å². The lowest BCUT2D eigenvalue weighted by Gasteiger charge is -2.36. The largest absolute Gasteiger partial charge is 0.455 e. The zero-order chi connectivity index (χ0) is 20.7. The summed E-state index contributed by atoms with van der Waals surface area (Å²) in [7, 11) is 0. The standard InChI is InChI=1S/C22H23FN2O4/c1-13-20-18(27)4-3-5-19(20)29-21(13)22(28)25-10-8-24(9-11-25)17-7-6-15(14(2)26)12-16(17)23/h6-7,12H,3-5,8-11H2,1-2H3. The molecule has 1 aliphatic heterocycles. The Morgan fingerprint density at radius 1 is 1.10 bits per heavy atom. The zero-order valence-electron chi connectivity index (χ0n) is 16.6. The molecule has 2 aromatic rings. The Bertz CT molecular complexity index is 1000. The Morgan fingerprint density at radius 3 is 2.45 bits per heavy atom. The second-order valence-electron chi connectivity index (χ2n) is 7.63. The van der Waals surface area contributed by atoms with Crippen LogP contribution in [0.25, 0.3) is 0 Å². The number of fused-ring (bicyclic) bond motifs is 1.